The van der Waals surface area contributed by atoms with E-state index in [1.54, 1.807) is 7.11 Å². The van der Waals surface area contributed by atoms with Crippen LogP contribution in [0.4, 0.5) is 5.69 Å². The number of hydrogen-bond donors (Lipinski definition) is 1. The first kappa shape index (κ1) is 11.3. The summed E-state index contributed by atoms with van der Waals surface area (Å²) in [5.41, 5.74) is 2.67. The van der Waals surface area contributed by atoms with Gasteiger partial charge in [-0.2, -0.15) is 0 Å². The Bertz CT molecular complexity index is 363. The summed E-state index contributed by atoms with van der Waals surface area (Å²) in [6.07, 6.45) is 1.21. The lowest BCUT2D eigenvalue weighted by Crippen LogP contribution is -2.16. The second kappa shape index (κ2) is 4.74. The smallest absolute Gasteiger partial charge is 0.120 e. The molecule has 0 amide bonds. The SMILES string of the molecule is COc1ccc2c(c1)NC[C@@H]2CCN(C)C. The van der Waals surface area contributed by atoms with Crippen molar-refractivity contribution in [1.82, 2.24) is 4.90 Å². The standard InChI is InChI=1S/C13H20N2O/c1-15(2)7-6-10-9-14-13-8-11(16-3)4-5-12(10)13/h4-5,8,10,14H,6-7,9H2,1-3H3/t10-/m0/s1. The number of nitrogens with zero attached hydrogens (tertiary/aromatic N) is 1. The topological polar surface area (TPSA) is 24.5 Å². The molecule has 3 heteroatoms. The van der Waals surface area contributed by atoms with Crippen LogP contribution in [0, 0.1) is 0 Å². The van der Waals surface area contributed by atoms with Gasteiger partial charge in [0.05, 0.1) is 7.11 Å². The normalized spacial score (nSPS) is 18.4. The van der Waals surface area contributed by atoms with Gasteiger partial charge in [-0.25, -0.2) is 0 Å². The van der Waals surface area contributed by atoms with Gasteiger partial charge in [-0.3, -0.25) is 0 Å². The van der Waals surface area contributed by atoms with Crippen molar-refractivity contribution < 1.29 is 4.74 Å². The zero-order valence-electron chi connectivity index (χ0n) is 10.3. The third-order valence-electron chi connectivity index (χ3n) is 3.16. The molecule has 16 heavy (non-hydrogen) atoms. The maximum absolute atomic E-state index is 5.22. The highest BCUT2D eigenvalue weighted by Crippen LogP contribution is 2.35. The van der Waals surface area contributed by atoms with E-state index in [9.17, 15) is 0 Å². The lowest BCUT2D eigenvalue weighted by Gasteiger charge is -2.14. The molecule has 0 radical (unpaired) electrons. The van der Waals surface area contributed by atoms with Gasteiger partial charge in [-0.15, -0.1) is 0 Å². The molecular weight excluding hydrogens is 200 g/mol. The number of anilines is 1. The average molecular weight is 220 g/mol. The van der Waals surface area contributed by atoms with Crippen LogP contribution in [0.1, 0.15) is 17.9 Å². The van der Waals surface area contributed by atoms with Crippen LogP contribution in [0.25, 0.3) is 0 Å². The van der Waals surface area contributed by atoms with Gasteiger partial charge in [-0.05, 0) is 38.7 Å². The van der Waals surface area contributed by atoms with Crippen LogP contribution in [-0.4, -0.2) is 39.2 Å². The number of benzene rings is 1. The molecule has 1 aliphatic heterocycles. The second-order valence-electron chi connectivity index (χ2n) is 4.62. The minimum Gasteiger partial charge on any atom is -0.497 e. The molecule has 0 saturated heterocycles. The van der Waals surface area contributed by atoms with E-state index in [2.05, 4.69) is 42.5 Å². The van der Waals surface area contributed by atoms with Gasteiger partial charge in [0.1, 0.15) is 5.75 Å². The van der Waals surface area contributed by atoms with Gasteiger partial charge in [0.2, 0.25) is 0 Å². The number of nitrogens with one attached hydrogen (secondary N) is 1. The third-order valence-corrected chi connectivity index (χ3v) is 3.16. The first-order valence-corrected chi connectivity index (χ1v) is 5.77. The quantitative estimate of drug-likeness (QED) is 0.841. The molecule has 1 atom stereocenters. The highest BCUT2D eigenvalue weighted by Gasteiger charge is 2.22. The van der Waals surface area contributed by atoms with Crippen molar-refractivity contribution in [3.63, 3.8) is 0 Å². The van der Waals surface area contributed by atoms with Crippen molar-refractivity contribution in [1.29, 1.82) is 0 Å². The maximum Gasteiger partial charge on any atom is 0.120 e. The fourth-order valence-electron chi connectivity index (χ4n) is 2.19. The van der Waals surface area contributed by atoms with Crippen molar-refractivity contribution in [3.8, 4) is 5.75 Å². The van der Waals surface area contributed by atoms with Crippen LogP contribution in [0.15, 0.2) is 18.2 Å². The van der Waals surface area contributed by atoms with Gasteiger partial charge in [0.15, 0.2) is 0 Å². The molecule has 0 bridgehead atoms. The second-order valence-corrected chi connectivity index (χ2v) is 4.62. The zero-order valence-corrected chi connectivity index (χ0v) is 10.3. The monoisotopic (exact) mass is 220 g/mol. The van der Waals surface area contributed by atoms with E-state index >= 15 is 0 Å². The van der Waals surface area contributed by atoms with E-state index in [0.29, 0.717) is 5.92 Å². The summed E-state index contributed by atoms with van der Waals surface area (Å²) < 4.78 is 5.22. The van der Waals surface area contributed by atoms with Gasteiger partial charge in [0.25, 0.3) is 0 Å². The van der Waals surface area contributed by atoms with Crippen LogP contribution in [0.5, 0.6) is 5.75 Å². The summed E-state index contributed by atoms with van der Waals surface area (Å²) in [5, 5.41) is 3.45. The highest BCUT2D eigenvalue weighted by atomic mass is 16.5. The number of rotatable bonds is 4. The Morgan fingerprint density at radius 3 is 2.94 bits per heavy atom. The first-order chi connectivity index (χ1) is 7.70. The molecule has 1 aliphatic rings. The predicted octanol–water partition coefficient (Wildman–Crippen LogP) is 2.16. The molecule has 0 fully saturated rings. The summed E-state index contributed by atoms with van der Waals surface area (Å²) in [5.74, 6) is 1.57. The Hall–Kier alpha value is -1.22. The molecule has 88 valence electrons. The van der Waals surface area contributed by atoms with Gasteiger partial charge >= 0.3 is 0 Å². The Morgan fingerprint density at radius 1 is 1.44 bits per heavy atom. The minimum absolute atomic E-state index is 0.642. The van der Waals surface area contributed by atoms with Crippen LogP contribution in [0.2, 0.25) is 0 Å². The Kier molecular flexibility index (Phi) is 3.34. The van der Waals surface area contributed by atoms with Crippen molar-refractivity contribution in [2.45, 2.75) is 12.3 Å². The average Bonchev–Trinajstić information content (AvgIpc) is 2.68. The number of ether oxygens (including phenoxy) is 1. The fraction of sp³-hybridized carbons (Fsp3) is 0.538. The Labute approximate surface area is 97.4 Å². The molecule has 1 aromatic rings. The molecule has 1 N–H and O–H groups in total. The Balaban J connectivity index is 2.08. The lowest BCUT2D eigenvalue weighted by atomic mass is 9.98. The van der Waals surface area contributed by atoms with Gasteiger partial charge in [0, 0.05) is 24.2 Å². The number of hydrogen-bond acceptors (Lipinski definition) is 3. The fourth-order valence-corrected chi connectivity index (χ4v) is 2.19. The van der Waals surface area contributed by atoms with E-state index in [4.69, 9.17) is 4.74 Å². The maximum atomic E-state index is 5.22. The molecule has 1 aromatic carbocycles. The van der Waals surface area contributed by atoms with E-state index in [-0.39, 0.29) is 0 Å². The molecule has 0 aromatic heterocycles. The summed E-state index contributed by atoms with van der Waals surface area (Å²) in [7, 11) is 5.95. The molecule has 3 nitrogen and oxygen atoms in total. The number of methoxy groups -OCH3 is 1. The van der Waals surface area contributed by atoms with Crippen LogP contribution in [0.3, 0.4) is 0 Å². The summed E-state index contributed by atoms with van der Waals surface area (Å²) in [6.45, 7) is 2.19. The lowest BCUT2D eigenvalue weighted by molar-refractivity contribution is 0.386. The van der Waals surface area contributed by atoms with E-state index in [1.165, 1.54) is 17.7 Å². The summed E-state index contributed by atoms with van der Waals surface area (Å²) in [4.78, 5) is 2.24. The molecular formula is C13H20N2O. The van der Waals surface area contributed by atoms with Gasteiger partial charge < -0.3 is 15.0 Å². The largest absolute Gasteiger partial charge is 0.497 e. The van der Waals surface area contributed by atoms with E-state index in [1.807, 2.05) is 0 Å². The highest BCUT2D eigenvalue weighted by molar-refractivity contribution is 5.60. The van der Waals surface area contributed by atoms with E-state index < -0.39 is 0 Å². The van der Waals surface area contributed by atoms with Crippen molar-refractivity contribution >= 4 is 5.69 Å². The first-order valence-electron chi connectivity index (χ1n) is 5.77. The van der Waals surface area contributed by atoms with Crippen LogP contribution >= 0.6 is 0 Å². The third kappa shape index (κ3) is 2.30. The Morgan fingerprint density at radius 2 is 2.25 bits per heavy atom. The van der Waals surface area contributed by atoms with Crippen molar-refractivity contribution in [3.05, 3.63) is 23.8 Å². The molecule has 2 rings (SSSR count). The molecule has 0 saturated carbocycles. The van der Waals surface area contributed by atoms with Crippen molar-refractivity contribution in [2.75, 3.05) is 39.6 Å². The zero-order chi connectivity index (χ0) is 11.5. The molecule has 0 spiro atoms. The molecule has 0 unspecified atom stereocenters. The summed E-state index contributed by atoms with van der Waals surface area (Å²) in [6, 6.07) is 6.33. The minimum atomic E-state index is 0.642. The predicted molar refractivity (Wildman–Crippen MR) is 67.4 cm³/mol. The van der Waals surface area contributed by atoms with Gasteiger partial charge in [-0.1, -0.05) is 6.07 Å². The van der Waals surface area contributed by atoms with E-state index in [0.717, 1.165) is 18.8 Å². The molecule has 1 heterocycles. The summed E-state index contributed by atoms with van der Waals surface area (Å²) >= 11 is 0. The van der Waals surface area contributed by atoms with Crippen LogP contribution < -0.4 is 10.1 Å². The van der Waals surface area contributed by atoms with Crippen molar-refractivity contribution in [2.24, 2.45) is 0 Å². The van der Waals surface area contributed by atoms with Crippen LogP contribution in [-0.2, 0) is 0 Å². The number of fused-ring (bicyclic) bond motifs is 1. The molecule has 0 aliphatic carbocycles.